The topological polar surface area (TPSA) is 87.0 Å². The molecule has 0 amide bonds. The quantitative estimate of drug-likeness (QED) is 0.529. The van der Waals surface area contributed by atoms with Gasteiger partial charge in [0.1, 0.15) is 23.6 Å². The Hall–Kier alpha value is -4.20. The monoisotopic (exact) mass is 424 g/mol. The second-order valence-electron chi connectivity index (χ2n) is 7.59. The molecular weight excluding hydrogens is 404 g/mol. The Balaban J connectivity index is 1.57. The lowest BCUT2D eigenvalue weighted by molar-refractivity contribution is 0.222. The minimum atomic E-state index is -0.342. The Morgan fingerprint density at radius 2 is 1.91 bits per heavy atom. The number of para-hydroxylation sites is 1. The molecule has 0 spiro atoms. The summed E-state index contributed by atoms with van der Waals surface area (Å²) in [6.07, 6.45) is 3.27. The smallest absolute Gasteiger partial charge is 0.248 e. The Kier molecular flexibility index (Phi) is 4.34. The van der Waals surface area contributed by atoms with Gasteiger partial charge in [-0.05, 0) is 58.8 Å². The van der Waals surface area contributed by atoms with Crippen LogP contribution in [0.25, 0.3) is 5.70 Å². The molecule has 0 aliphatic carbocycles. The van der Waals surface area contributed by atoms with Crippen LogP contribution in [-0.2, 0) is 0 Å². The fraction of sp³-hybridized carbons (Fsp3) is 0.167. The average molecular weight is 424 g/mol. The third kappa shape index (κ3) is 2.91. The Morgan fingerprint density at radius 3 is 2.72 bits per heavy atom. The van der Waals surface area contributed by atoms with E-state index in [9.17, 15) is 0 Å². The second kappa shape index (κ2) is 7.49. The molecule has 8 heteroatoms. The van der Waals surface area contributed by atoms with Gasteiger partial charge < -0.3 is 14.8 Å². The summed E-state index contributed by atoms with van der Waals surface area (Å²) in [5, 5.41) is 15.9. The van der Waals surface area contributed by atoms with Crippen molar-refractivity contribution in [2.24, 2.45) is 0 Å². The summed E-state index contributed by atoms with van der Waals surface area (Å²) >= 11 is 0. The largest absolute Gasteiger partial charge is 0.494 e. The van der Waals surface area contributed by atoms with Crippen molar-refractivity contribution in [3.05, 3.63) is 95.3 Å². The number of pyridine rings is 1. The Labute approximate surface area is 184 Å². The van der Waals surface area contributed by atoms with Crippen LogP contribution in [0.4, 0.5) is 5.95 Å². The number of ether oxygens (including phenoxy) is 2. The number of fused-ring (bicyclic) bond motifs is 3. The number of aromatic nitrogens is 5. The van der Waals surface area contributed by atoms with E-state index < -0.39 is 0 Å². The predicted octanol–water partition coefficient (Wildman–Crippen LogP) is 4.03. The zero-order valence-corrected chi connectivity index (χ0v) is 17.3. The van der Waals surface area contributed by atoms with Crippen LogP contribution < -0.4 is 14.8 Å². The Bertz CT molecular complexity index is 1300. The third-order valence-electron chi connectivity index (χ3n) is 5.74. The molecule has 1 N–H and O–H groups in total. The molecule has 0 unspecified atom stereocenters. The molecule has 4 heterocycles. The van der Waals surface area contributed by atoms with E-state index >= 15 is 0 Å². The van der Waals surface area contributed by atoms with Crippen molar-refractivity contribution in [1.82, 2.24) is 25.2 Å². The maximum absolute atomic E-state index is 6.59. The first-order valence-electron chi connectivity index (χ1n) is 10.5. The fourth-order valence-electron chi connectivity index (χ4n) is 4.38. The lowest BCUT2D eigenvalue weighted by Gasteiger charge is -2.38. The molecule has 2 aliphatic rings. The lowest BCUT2D eigenvalue weighted by atomic mass is 9.85. The Morgan fingerprint density at radius 1 is 1.03 bits per heavy atom. The summed E-state index contributed by atoms with van der Waals surface area (Å²) < 4.78 is 14.0. The molecule has 2 atom stereocenters. The standard InChI is InChI=1S/C24H20N6O2/c1-2-31-17-11-9-15(10-12-17)23-20-21(18-7-3-4-8-19(18)32-23)26-24-27-28-29-30(24)22(20)16-6-5-13-25-14-16/h3-14,22-23H,2H2,1H3,(H,26,27,29)/t22-,23+/m1/s1. The van der Waals surface area contributed by atoms with Crippen molar-refractivity contribution in [3.8, 4) is 11.5 Å². The summed E-state index contributed by atoms with van der Waals surface area (Å²) in [5.74, 6) is 2.22. The van der Waals surface area contributed by atoms with Gasteiger partial charge in [-0.1, -0.05) is 35.4 Å². The molecule has 0 radical (unpaired) electrons. The van der Waals surface area contributed by atoms with E-state index in [1.165, 1.54) is 0 Å². The minimum absolute atomic E-state index is 0.269. The highest BCUT2D eigenvalue weighted by Crippen LogP contribution is 2.50. The van der Waals surface area contributed by atoms with Crippen molar-refractivity contribution in [1.29, 1.82) is 0 Å². The normalized spacial score (nSPS) is 18.7. The van der Waals surface area contributed by atoms with Crippen LogP contribution in [0.2, 0.25) is 0 Å². The van der Waals surface area contributed by atoms with Crippen LogP contribution in [0.5, 0.6) is 11.5 Å². The van der Waals surface area contributed by atoms with Crippen molar-refractivity contribution >= 4 is 11.6 Å². The van der Waals surface area contributed by atoms with Crippen LogP contribution in [0.15, 0.2) is 78.6 Å². The number of benzene rings is 2. The number of hydrogen-bond donors (Lipinski definition) is 1. The van der Waals surface area contributed by atoms with Gasteiger partial charge >= 0.3 is 0 Å². The van der Waals surface area contributed by atoms with E-state index in [1.807, 2.05) is 73.8 Å². The van der Waals surface area contributed by atoms with E-state index in [0.717, 1.165) is 39.5 Å². The molecule has 158 valence electrons. The summed E-state index contributed by atoms with van der Waals surface area (Å²) in [6.45, 7) is 2.60. The van der Waals surface area contributed by atoms with Crippen LogP contribution in [0.3, 0.4) is 0 Å². The maximum atomic E-state index is 6.59. The van der Waals surface area contributed by atoms with Gasteiger partial charge in [0.25, 0.3) is 0 Å². The zero-order chi connectivity index (χ0) is 21.5. The number of tetrazole rings is 1. The molecule has 6 rings (SSSR count). The molecule has 2 aromatic heterocycles. The second-order valence-corrected chi connectivity index (χ2v) is 7.59. The van der Waals surface area contributed by atoms with Crippen molar-refractivity contribution < 1.29 is 9.47 Å². The molecule has 2 aliphatic heterocycles. The highest BCUT2D eigenvalue weighted by molar-refractivity contribution is 5.85. The van der Waals surface area contributed by atoms with Crippen molar-refractivity contribution in [2.45, 2.75) is 19.1 Å². The van der Waals surface area contributed by atoms with Gasteiger partial charge in [0.05, 0.1) is 12.3 Å². The average Bonchev–Trinajstić information content (AvgIpc) is 3.32. The van der Waals surface area contributed by atoms with E-state index in [1.54, 1.807) is 10.9 Å². The van der Waals surface area contributed by atoms with Crippen molar-refractivity contribution in [2.75, 3.05) is 11.9 Å². The SMILES string of the molecule is CCOc1ccc([C@@H]2Oc3ccccc3C3=C2[C@@H](c2cccnc2)n2nnnc2N3)cc1. The van der Waals surface area contributed by atoms with E-state index in [-0.39, 0.29) is 12.1 Å². The van der Waals surface area contributed by atoms with Crippen molar-refractivity contribution in [3.63, 3.8) is 0 Å². The fourth-order valence-corrected chi connectivity index (χ4v) is 4.38. The molecule has 4 aromatic rings. The first kappa shape index (κ1) is 18.6. The molecule has 2 aromatic carbocycles. The molecule has 0 saturated carbocycles. The van der Waals surface area contributed by atoms with E-state index in [2.05, 4.69) is 25.8 Å². The minimum Gasteiger partial charge on any atom is -0.494 e. The number of nitrogens with zero attached hydrogens (tertiary/aromatic N) is 5. The first-order chi connectivity index (χ1) is 15.8. The van der Waals surface area contributed by atoms with E-state index in [4.69, 9.17) is 9.47 Å². The summed E-state index contributed by atoms with van der Waals surface area (Å²) in [7, 11) is 0. The highest BCUT2D eigenvalue weighted by atomic mass is 16.5. The van der Waals surface area contributed by atoms with Gasteiger partial charge in [-0.15, -0.1) is 0 Å². The van der Waals surface area contributed by atoms with Gasteiger partial charge in [0.2, 0.25) is 5.95 Å². The predicted molar refractivity (Wildman–Crippen MR) is 118 cm³/mol. The molecule has 32 heavy (non-hydrogen) atoms. The van der Waals surface area contributed by atoms with Crippen LogP contribution >= 0.6 is 0 Å². The number of nitrogens with one attached hydrogen (secondary N) is 1. The molecule has 0 fully saturated rings. The molecule has 8 nitrogen and oxygen atoms in total. The maximum Gasteiger partial charge on any atom is 0.248 e. The summed E-state index contributed by atoms with van der Waals surface area (Å²) in [6, 6.07) is 19.7. The lowest BCUT2D eigenvalue weighted by Crippen LogP contribution is -2.32. The summed E-state index contributed by atoms with van der Waals surface area (Å²) in [5.41, 5.74) is 4.96. The summed E-state index contributed by atoms with van der Waals surface area (Å²) in [4.78, 5) is 4.35. The van der Waals surface area contributed by atoms with Gasteiger partial charge in [-0.25, -0.2) is 0 Å². The third-order valence-corrected chi connectivity index (χ3v) is 5.74. The number of rotatable bonds is 4. The van der Waals surface area contributed by atoms with Crippen LogP contribution in [0.1, 0.15) is 35.8 Å². The molecule has 0 bridgehead atoms. The molecular formula is C24H20N6O2. The van der Waals surface area contributed by atoms with Crippen LogP contribution in [-0.4, -0.2) is 31.8 Å². The van der Waals surface area contributed by atoms with Gasteiger partial charge in [-0.3, -0.25) is 4.98 Å². The number of anilines is 1. The first-order valence-corrected chi connectivity index (χ1v) is 10.5. The van der Waals surface area contributed by atoms with Gasteiger partial charge in [0.15, 0.2) is 0 Å². The molecule has 0 saturated heterocycles. The van der Waals surface area contributed by atoms with E-state index in [0.29, 0.717) is 12.6 Å². The van der Waals surface area contributed by atoms with Gasteiger partial charge in [-0.2, -0.15) is 4.68 Å². The van der Waals surface area contributed by atoms with Gasteiger partial charge in [0, 0.05) is 23.5 Å². The highest BCUT2D eigenvalue weighted by Gasteiger charge is 2.41. The van der Waals surface area contributed by atoms with Crippen LogP contribution in [0, 0.1) is 0 Å². The number of hydrogen-bond acceptors (Lipinski definition) is 7. The zero-order valence-electron chi connectivity index (χ0n) is 17.3.